The maximum atomic E-state index is 15.4. The molecule has 0 bridgehead atoms. The van der Waals surface area contributed by atoms with Gasteiger partial charge >= 0.3 is 6.18 Å². The summed E-state index contributed by atoms with van der Waals surface area (Å²) in [6.07, 6.45) is -0.528. The molecule has 1 aliphatic heterocycles. The fraction of sp³-hybridized carbons (Fsp3) is 0.476. The van der Waals surface area contributed by atoms with Gasteiger partial charge in [0.2, 0.25) is 0 Å². The molecule has 2 fully saturated rings. The zero-order valence-corrected chi connectivity index (χ0v) is 18.6. The first-order valence-corrected chi connectivity index (χ1v) is 11.0. The zero-order chi connectivity index (χ0) is 24.7. The first-order valence-electron chi connectivity index (χ1n) is 11.0. The first-order chi connectivity index (χ1) is 16.7. The Morgan fingerprint density at radius 1 is 1.09 bits per heavy atom. The van der Waals surface area contributed by atoms with Crippen molar-refractivity contribution < 1.29 is 22.4 Å². The summed E-state index contributed by atoms with van der Waals surface area (Å²) in [5.74, 6) is 0.604. The minimum atomic E-state index is -4.49. The number of hydrogen-bond acceptors (Lipinski definition) is 8. The summed E-state index contributed by atoms with van der Waals surface area (Å²) in [5, 5.41) is 11.1. The number of carbonyl (C=O) groups is 1. The number of alkyl halides is 4. The Bertz CT molecular complexity index is 1190. The highest BCUT2D eigenvalue weighted by Gasteiger charge is 2.43. The summed E-state index contributed by atoms with van der Waals surface area (Å²) in [5.41, 5.74) is -0.632. The molecule has 0 unspecified atom stereocenters. The third-order valence-corrected chi connectivity index (χ3v) is 6.14. The highest BCUT2D eigenvalue weighted by molar-refractivity contribution is 5.94. The molecule has 4 heterocycles. The molecule has 5 rings (SSSR count). The van der Waals surface area contributed by atoms with Crippen molar-refractivity contribution >= 4 is 11.7 Å². The summed E-state index contributed by atoms with van der Waals surface area (Å²) in [7, 11) is 0. The molecule has 1 amide bonds. The predicted octanol–water partition coefficient (Wildman–Crippen LogP) is 2.40. The van der Waals surface area contributed by atoms with Crippen LogP contribution in [0.5, 0.6) is 0 Å². The third-order valence-electron chi connectivity index (χ3n) is 6.14. The van der Waals surface area contributed by atoms with E-state index in [4.69, 9.17) is 0 Å². The molecule has 14 heteroatoms. The number of piperidine rings is 1. The van der Waals surface area contributed by atoms with Crippen molar-refractivity contribution in [3.63, 3.8) is 0 Å². The summed E-state index contributed by atoms with van der Waals surface area (Å²) < 4.78 is 55.1. The van der Waals surface area contributed by atoms with Gasteiger partial charge in [-0.05, 0) is 48.7 Å². The number of carbonyl (C=O) groups excluding carboxylic acids is 1. The molecule has 35 heavy (non-hydrogen) atoms. The lowest BCUT2D eigenvalue weighted by Gasteiger charge is -2.41. The van der Waals surface area contributed by atoms with E-state index in [9.17, 15) is 18.0 Å². The van der Waals surface area contributed by atoms with Crippen molar-refractivity contribution in [1.82, 2.24) is 40.1 Å². The minimum absolute atomic E-state index is 0.0667. The van der Waals surface area contributed by atoms with Crippen molar-refractivity contribution in [2.45, 2.75) is 50.6 Å². The molecule has 1 aliphatic carbocycles. The topological polar surface area (TPSA) is 106 Å². The normalized spacial score (nSPS) is 20.7. The van der Waals surface area contributed by atoms with Crippen molar-refractivity contribution in [1.29, 1.82) is 0 Å². The third kappa shape index (κ3) is 4.64. The lowest BCUT2D eigenvalue weighted by atomic mass is 10.00. The van der Waals surface area contributed by atoms with Gasteiger partial charge in [0, 0.05) is 31.2 Å². The number of rotatable bonds is 5. The van der Waals surface area contributed by atoms with Crippen LogP contribution in [-0.2, 0) is 6.18 Å². The van der Waals surface area contributed by atoms with E-state index in [1.54, 1.807) is 16.7 Å². The van der Waals surface area contributed by atoms with E-state index in [0.29, 0.717) is 18.8 Å². The Labute approximate surface area is 197 Å². The van der Waals surface area contributed by atoms with Crippen LogP contribution in [0.2, 0.25) is 0 Å². The highest BCUT2D eigenvalue weighted by Crippen LogP contribution is 2.35. The van der Waals surface area contributed by atoms with E-state index in [-0.39, 0.29) is 35.8 Å². The average molecular weight is 491 g/mol. The summed E-state index contributed by atoms with van der Waals surface area (Å²) in [4.78, 5) is 28.7. The average Bonchev–Trinajstić information content (AvgIpc) is 3.59. The Morgan fingerprint density at radius 2 is 1.83 bits per heavy atom. The molecular formula is C21H21F4N9O. The molecule has 3 aromatic heterocycles. The van der Waals surface area contributed by atoms with Gasteiger partial charge in [-0.1, -0.05) is 0 Å². The zero-order valence-electron chi connectivity index (χ0n) is 18.6. The highest BCUT2D eigenvalue weighted by atomic mass is 19.4. The fourth-order valence-electron chi connectivity index (χ4n) is 4.20. The molecule has 184 valence electrons. The first kappa shape index (κ1) is 23.1. The largest absolute Gasteiger partial charge is 0.417 e. The Balaban J connectivity index is 1.29. The Morgan fingerprint density at radius 3 is 2.37 bits per heavy atom. The van der Waals surface area contributed by atoms with E-state index >= 15 is 4.39 Å². The number of amides is 1. The summed E-state index contributed by atoms with van der Waals surface area (Å²) in [6.45, 7) is 1.96. The second-order valence-electron chi connectivity index (χ2n) is 8.57. The van der Waals surface area contributed by atoms with Gasteiger partial charge in [0.25, 0.3) is 11.9 Å². The maximum absolute atomic E-state index is 15.4. The van der Waals surface area contributed by atoms with Crippen LogP contribution in [0.15, 0.2) is 30.7 Å². The van der Waals surface area contributed by atoms with E-state index in [1.807, 2.05) is 0 Å². The number of tetrazole rings is 1. The second kappa shape index (κ2) is 8.82. The Kier molecular flexibility index (Phi) is 5.81. The van der Waals surface area contributed by atoms with Gasteiger partial charge in [-0.25, -0.2) is 19.3 Å². The molecule has 3 aromatic rings. The van der Waals surface area contributed by atoms with Crippen molar-refractivity contribution in [2.24, 2.45) is 0 Å². The lowest BCUT2D eigenvalue weighted by molar-refractivity contribution is -0.137. The standard InChI is InChI=1S/C21H21F4N9O/c1-12-29-30-31-34(12)20-27-8-13(9-28-20)19(35)33(15-3-4-15)17-6-7-32(11-16(17)22)18-5-2-14(10-26-18)21(23,24)25/h2,5,8-10,15-17H,3-4,6-7,11H2,1H3/t16-,17+/m0/s1. The number of halogens is 4. The molecular weight excluding hydrogens is 470 g/mol. The van der Waals surface area contributed by atoms with Gasteiger partial charge in [-0.3, -0.25) is 4.79 Å². The molecule has 0 aromatic carbocycles. The van der Waals surface area contributed by atoms with Crippen LogP contribution in [0.4, 0.5) is 23.4 Å². The molecule has 0 spiro atoms. The lowest BCUT2D eigenvalue weighted by Crippen LogP contribution is -2.55. The van der Waals surface area contributed by atoms with Crippen molar-refractivity contribution in [2.75, 3.05) is 18.0 Å². The summed E-state index contributed by atoms with van der Waals surface area (Å²) in [6, 6.07) is 1.44. The molecule has 0 radical (unpaired) electrons. The van der Waals surface area contributed by atoms with Crippen molar-refractivity contribution in [3.05, 3.63) is 47.7 Å². The smallest absolute Gasteiger partial charge is 0.354 e. The van der Waals surface area contributed by atoms with Gasteiger partial charge in [-0.15, -0.1) is 5.10 Å². The number of hydrogen-bond donors (Lipinski definition) is 0. The van der Waals surface area contributed by atoms with E-state index < -0.39 is 24.0 Å². The quantitative estimate of drug-likeness (QED) is 0.501. The van der Waals surface area contributed by atoms with Gasteiger partial charge in [-0.2, -0.15) is 17.9 Å². The molecule has 10 nitrogen and oxygen atoms in total. The number of anilines is 1. The van der Waals surface area contributed by atoms with Crippen LogP contribution in [0.1, 0.15) is 41.0 Å². The molecule has 0 N–H and O–H groups in total. The van der Waals surface area contributed by atoms with Gasteiger partial charge in [0.1, 0.15) is 12.0 Å². The Hall–Kier alpha value is -3.71. The number of pyridine rings is 1. The SMILES string of the molecule is Cc1nnnn1-c1ncc(C(=O)N(C2CC2)[C@@H]2CCN(c3ccc(C(F)(F)F)cn3)C[C@@H]2F)cn1. The molecule has 2 aliphatic rings. The number of aromatic nitrogens is 7. The van der Waals surface area contributed by atoms with Crippen LogP contribution >= 0.6 is 0 Å². The maximum Gasteiger partial charge on any atom is 0.417 e. The predicted molar refractivity (Wildman–Crippen MR) is 113 cm³/mol. The van der Waals surface area contributed by atoms with Gasteiger partial charge in [0.05, 0.1) is 23.7 Å². The van der Waals surface area contributed by atoms with E-state index in [1.165, 1.54) is 23.1 Å². The fourth-order valence-corrected chi connectivity index (χ4v) is 4.20. The molecule has 1 saturated carbocycles. The van der Waals surface area contributed by atoms with Crippen LogP contribution in [0.3, 0.4) is 0 Å². The molecule has 1 saturated heterocycles. The second-order valence-corrected chi connectivity index (χ2v) is 8.57. The van der Waals surface area contributed by atoms with Gasteiger partial charge < -0.3 is 9.80 Å². The minimum Gasteiger partial charge on any atom is -0.354 e. The summed E-state index contributed by atoms with van der Waals surface area (Å²) >= 11 is 0. The number of aryl methyl sites for hydroxylation is 1. The van der Waals surface area contributed by atoms with E-state index in [2.05, 4.69) is 30.5 Å². The van der Waals surface area contributed by atoms with Crippen LogP contribution in [0, 0.1) is 6.92 Å². The number of nitrogens with zero attached hydrogens (tertiary/aromatic N) is 9. The monoisotopic (exact) mass is 491 g/mol. The van der Waals surface area contributed by atoms with Crippen LogP contribution < -0.4 is 4.90 Å². The van der Waals surface area contributed by atoms with Crippen LogP contribution in [0.25, 0.3) is 5.95 Å². The van der Waals surface area contributed by atoms with E-state index in [0.717, 1.165) is 25.1 Å². The van der Waals surface area contributed by atoms with Crippen molar-refractivity contribution in [3.8, 4) is 5.95 Å². The molecule has 2 atom stereocenters. The van der Waals surface area contributed by atoms with Crippen LogP contribution in [-0.4, -0.2) is 77.3 Å². The van der Waals surface area contributed by atoms with Gasteiger partial charge in [0.15, 0.2) is 5.82 Å².